The minimum absolute atomic E-state index is 0.0486. The number of hydrogen-bond donors (Lipinski definition) is 1. The highest BCUT2D eigenvalue weighted by Crippen LogP contribution is 2.34. The number of nitrogens with one attached hydrogen (secondary N) is 1. The van der Waals surface area contributed by atoms with E-state index in [-0.39, 0.29) is 12.5 Å². The maximum absolute atomic E-state index is 12.7. The van der Waals surface area contributed by atoms with Crippen LogP contribution in [0.25, 0.3) is 11.0 Å². The molecule has 0 spiro atoms. The minimum Gasteiger partial charge on any atom is -0.325 e. The van der Waals surface area contributed by atoms with E-state index in [4.69, 9.17) is 16.6 Å². The molecule has 1 aliphatic carbocycles. The van der Waals surface area contributed by atoms with E-state index in [2.05, 4.69) is 9.88 Å². The lowest BCUT2D eigenvalue weighted by Gasteiger charge is -2.22. The van der Waals surface area contributed by atoms with Crippen molar-refractivity contribution in [1.29, 1.82) is 0 Å². The fourth-order valence-corrected chi connectivity index (χ4v) is 3.94. The van der Waals surface area contributed by atoms with Crippen LogP contribution in [0.4, 0.5) is 5.69 Å². The molecule has 1 N–H and O–H groups in total. The molecule has 0 bridgehead atoms. The molecule has 4 nitrogen and oxygen atoms in total. The normalized spacial score (nSPS) is 15.3. The van der Waals surface area contributed by atoms with E-state index in [1.54, 1.807) is 12.1 Å². The van der Waals surface area contributed by atoms with Gasteiger partial charge in [-0.15, -0.1) is 0 Å². The van der Waals surface area contributed by atoms with Crippen molar-refractivity contribution in [3.05, 3.63) is 59.4 Å². The highest BCUT2D eigenvalue weighted by molar-refractivity contribution is 6.30. The van der Waals surface area contributed by atoms with E-state index in [9.17, 15) is 4.79 Å². The first kappa shape index (κ1) is 17.1. The number of nitrogens with zero attached hydrogens (tertiary/aromatic N) is 2. The van der Waals surface area contributed by atoms with Gasteiger partial charge in [-0.2, -0.15) is 0 Å². The number of imidazole rings is 1. The predicted octanol–water partition coefficient (Wildman–Crippen LogP) is 5.38. The second kappa shape index (κ2) is 7.50. The summed E-state index contributed by atoms with van der Waals surface area (Å²) < 4.78 is 2.09. The highest BCUT2D eigenvalue weighted by Gasteiger charge is 2.23. The van der Waals surface area contributed by atoms with Crippen LogP contribution in [-0.4, -0.2) is 15.5 Å². The van der Waals surface area contributed by atoms with E-state index in [1.165, 1.54) is 19.3 Å². The van der Waals surface area contributed by atoms with Crippen LogP contribution in [0.15, 0.2) is 48.5 Å². The minimum atomic E-state index is -0.0486. The Morgan fingerprint density at radius 2 is 1.81 bits per heavy atom. The Labute approximate surface area is 158 Å². The van der Waals surface area contributed by atoms with Gasteiger partial charge in [0, 0.05) is 16.6 Å². The van der Waals surface area contributed by atoms with Gasteiger partial charge < -0.3 is 9.88 Å². The number of hydrogen-bond acceptors (Lipinski definition) is 2. The van der Waals surface area contributed by atoms with Crippen molar-refractivity contribution in [2.75, 3.05) is 5.32 Å². The average molecular weight is 368 g/mol. The number of carbonyl (C=O) groups excluding carboxylic acids is 1. The van der Waals surface area contributed by atoms with E-state index < -0.39 is 0 Å². The third kappa shape index (κ3) is 3.61. The summed E-state index contributed by atoms with van der Waals surface area (Å²) in [5.74, 6) is 1.45. The first-order valence-electron chi connectivity index (χ1n) is 9.21. The molecule has 1 saturated carbocycles. The van der Waals surface area contributed by atoms with Gasteiger partial charge in [-0.3, -0.25) is 4.79 Å². The van der Waals surface area contributed by atoms with Crippen LogP contribution in [0.5, 0.6) is 0 Å². The van der Waals surface area contributed by atoms with Gasteiger partial charge in [-0.05, 0) is 49.2 Å². The number of fused-ring (bicyclic) bond motifs is 1. The van der Waals surface area contributed by atoms with E-state index in [0.717, 1.165) is 35.4 Å². The lowest BCUT2D eigenvalue weighted by molar-refractivity contribution is -0.116. The van der Waals surface area contributed by atoms with Crippen molar-refractivity contribution in [3.8, 4) is 0 Å². The lowest BCUT2D eigenvalue weighted by atomic mass is 9.88. The number of anilines is 1. The molecule has 26 heavy (non-hydrogen) atoms. The van der Waals surface area contributed by atoms with Crippen LogP contribution in [-0.2, 0) is 11.3 Å². The van der Waals surface area contributed by atoms with Crippen molar-refractivity contribution in [2.24, 2.45) is 0 Å². The van der Waals surface area contributed by atoms with Crippen molar-refractivity contribution in [2.45, 2.75) is 44.6 Å². The summed E-state index contributed by atoms with van der Waals surface area (Å²) >= 11 is 5.91. The zero-order valence-corrected chi connectivity index (χ0v) is 15.4. The van der Waals surface area contributed by atoms with Crippen molar-refractivity contribution >= 4 is 34.2 Å². The smallest absolute Gasteiger partial charge is 0.244 e. The first-order valence-corrected chi connectivity index (χ1v) is 9.59. The molecule has 0 atom stereocenters. The molecule has 1 fully saturated rings. The van der Waals surface area contributed by atoms with Crippen molar-refractivity contribution < 1.29 is 4.79 Å². The zero-order chi connectivity index (χ0) is 17.9. The van der Waals surface area contributed by atoms with E-state index >= 15 is 0 Å². The number of benzene rings is 2. The molecular formula is C21H22ClN3O. The summed E-state index contributed by atoms with van der Waals surface area (Å²) in [6.07, 6.45) is 6.09. The van der Waals surface area contributed by atoms with Gasteiger partial charge >= 0.3 is 0 Å². The van der Waals surface area contributed by atoms with Crippen LogP contribution < -0.4 is 5.32 Å². The van der Waals surface area contributed by atoms with Gasteiger partial charge in [0.1, 0.15) is 12.4 Å². The van der Waals surface area contributed by atoms with Gasteiger partial charge in [-0.25, -0.2) is 4.98 Å². The molecular weight excluding hydrogens is 346 g/mol. The Morgan fingerprint density at radius 1 is 1.08 bits per heavy atom. The summed E-state index contributed by atoms with van der Waals surface area (Å²) in [7, 11) is 0. The largest absolute Gasteiger partial charge is 0.325 e. The lowest BCUT2D eigenvalue weighted by Crippen LogP contribution is -2.21. The number of carbonyl (C=O) groups is 1. The molecule has 0 saturated heterocycles. The summed E-state index contributed by atoms with van der Waals surface area (Å²) in [4.78, 5) is 17.5. The number of para-hydroxylation sites is 2. The average Bonchev–Trinajstić information content (AvgIpc) is 3.03. The van der Waals surface area contributed by atoms with E-state index in [1.807, 2.05) is 36.4 Å². The maximum Gasteiger partial charge on any atom is 0.244 e. The summed E-state index contributed by atoms with van der Waals surface area (Å²) in [6, 6.07) is 15.2. The van der Waals surface area contributed by atoms with Crippen molar-refractivity contribution in [1.82, 2.24) is 9.55 Å². The first-order chi connectivity index (χ1) is 12.7. The predicted molar refractivity (Wildman–Crippen MR) is 106 cm³/mol. The molecule has 0 aliphatic heterocycles. The summed E-state index contributed by atoms with van der Waals surface area (Å²) in [5, 5.41) is 3.61. The number of halogens is 1. The molecule has 0 unspecified atom stereocenters. The molecule has 2 aromatic carbocycles. The quantitative estimate of drug-likeness (QED) is 0.673. The fraction of sp³-hybridized carbons (Fsp3) is 0.333. The summed E-state index contributed by atoms with van der Waals surface area (Å²) in [6.45, 7) is 0.273. The van der Waals surface area contributed by atoms with E-state index in [0.29, 0.717) is 10.9 Å². The van der Waals surface area contributed by atoms with Gasteiger partial charge in [0.05, 0.1) is 11.0 Å². The SMILES string of the molecule is O=C(Cn1c(C2CCCCC2)nc2ccccc21)Nc1ccc(Cl)cc1. The molecule has 134 valence electrons. The van der Waals surface area contributed by atoms with Crippen LogP contribution in [0, 0.1) is 0 Å². The Balaban J connectivity index is 1.61. The fourth-order valence-electron chi connectivity index (χ4n) is 3.81. The Kier molecular flexibility index (Phi) is 4.93. The van der Waals surface area contributed by atoms with Crippen LogP contribution >= 0.6 is 11.6 Å². The Hall–Kier alpha value is -2.33. The standard InChI is InChI=1S/C21H22ClN3O/c22-16-10-12-17(13-11-16)23-20(26)14-25-19-9-5-4-8-18(19)24-21(25)15-6-2-1-3-7-15/h4-5,8-13,15H,1-3,6-7,14H2,(H,23,26). The van der Waals surface area contributed by atoms with Crippen molar-refractivity contribution in [3.63, 3.8) is 0 Å². The second-order valence-electron chi connectivity index (χ2n) is 6.93. The van der Waals surface area contributed by atoms with Gasteiger partial charge in [-0.1, -0.05) is 43.0 Å². The third-order valence-corrected chi connectivity index (χ3v) is 5.34. The maximum atomic E-state index is 12.7. The monoisotopic (exact) mass is 367 g/mol. The molecule has 1 aromatic heterocycles. The topological polar surface area (TPSA) is 46.9 Å². The van der Waals surface area contributed by atoms with Crippen LogP contribution in [0.2, 0.25) is 5.02 Å². The molecule has 1 amide bonds. The van der Waals surface area contributed by atoms with Crippen LogP contribution in [0.1, 0.15) is 43.8 Å². The number of aromatic nitrogens is 2. The van der Waals surface area contributed by atoms with Gasteiger partial charge in [0.15, 0.2) is 0 Å². The summed E-state index contributed by atoms with van der Waals surface area (Å²) in [5.41, 5.74) is 2.75. The number of amides is 1. The number of rotatable bonds is 4. The second-order valence-corrected chi connectivity index (χ2v) is 7.37. The van der Waals surface area contributed by atoms with Gasteiger partial charge in [0.2, 0.25) is 5.91 Å². The Morgan fingerprint density at radius 3 is 2.58 bits per heavy atom. The van der Waals surface area contributed by atoms with Gasteiger partial charge in [0.25, 0.3) is 0 Å². The molecule has 1 aliphatic rings. The third-order valence-electron chi connectivity index (χ3n) is 5.08. The molecule has 1 heterocycles. The molecule has 0 radical (unpaired) electrons. The zero-order valence-electron chi connectivity index (χ0n) is 14.6. The molecule has 3 aromatic rings. The molecule has 4 rings (SSSR count). The van der Waals surface area contributed by atoms with Crippen LogP contribution in [0.3, 0.4) is 0 Å². The Bertz CT molecular complexity index is 911. The molecule has 5 heteroatoms. The highest BCUT2D eigenvalue weighted by atomic mass is 35.5.